The van der Waals surface area contributed by atoms with Crippen molar-refractivity contribution in [1.29, 1.82) is 0 Å². The van der Waals surface area contributed by atoms with E-state index in [9.17, 15) is 14.4 Å². The SMILES string of the molecule is CNC(=O)CCN(C)C(=O)c1cccc(/C=C/C(=O)O)c1. The lowest BCUT2D eigenvalue weighted by molar-refractivity contribution is -0.131. The van der Waals surface area contributed by atoms with E-state index in [0.29, 0.717) is 17.7 Å². The summed E-state index contributed by atoms with van der Waals surface area (Å²) in [7, 11) is 3.16. The van der Waals surface area contributed by atoms with Crippen LogP contribution in [0.3, 0.4) is 0 Å². The van der Waals surface area contributed by atoms with Crippen molar-refractivity contribution in [3.05, 3.63) is 41.5 Å². The van der Waals surface area contributed by atoms with E-state index in [1.165, 1.54) is 11.0 Å². The number of carbonyl (C=O) groups excluding carboxylic acids is 2. The van der Waals surface area contributed by atoms with E-state index in [2.05, 4.69) is 5.32 Å². The van der Waals surface area contributed by atoms with E-state index >= 15 is 0 Å². The van der Waals surface area contributed by atoms with Crippen molar-refractivity contribution in [3.8, 4) is 0 Å². The first kappa shape index (κ1) is 16.4. The van der Waals surface area contributed by atoms with Crippen LogP contribution in [0, 0.1) is 0 Å². The summed E-state index contributed by atoms with van der Waals surface area (Å²) in [4.78, 5) is 35.3. The third-order valence-corrected chi connectivity index (χ3v) is 2.85. The topological polar surface area (TPSA) is 86.7 Å². The van der Waals surface area contributed by atoms with Gasteiger partial charge in [0.25, 0.3) is 5.91 Å². The minimum atomic E-state index is -1.05. The van der Waals surface area contributed by atoms with Gasteiger partial charge < -0.3 is 15.3 Å². The maximum absolute atomic E-state index is 12.2. The third-order valence-electron chi connectivity index (χ3n) is 2.85. The molecule has 1 rings (SSSR count). The Morgan fingerprint density at radius 3 is 2.67 bits per heavy atom. The number of benzene rings is 1. The van der Waals surface area contributed by atoms with E-state index in [0.717, 1.165) is 6.08 Å². The molecule has 0 radical (unpaired) electrons. The van der Waals surface area contributed by atoms with Gasteiger partial charge in [-0.25, -0.2) is 4.79 Å². The molecule has 1 aromatic carbocycles. The van der Waals surface area contributed by atoms with Crippen molar-refractivity contribution in [3.63, 3.8) is 0 Å². The molecule has 0 aromatic heterocycles. The highest BCUT2D eigenvalue weighted by atomic mass is 16.4. The molecule has 0 atom stereocenters. The first-order valence-electron chi connectivity index (χ1n) is 6.41. The second kappa shape index (κ2) is 7.84. The Kier molecular flexibility index (Phi) is 6.13. The van der Waals surface area contributed by atoms with Gasteiger partial charge in [-0.15, -0.1) is 0 Å². The number of aliphatic carboxylic acids is 1. The first-order valence-corrected chi connectivity index (χ1v) is 6.41. The smallest absolute Gasteiger partial charge is 0.328 e. The first-order chi connectivity index (χ1) is 9.93. The Hall–Kier alpha value is -2.63. The molecular weight excluding hydrogens is 272 g/mol. The molecule has 0 unspecified atom stereocenters. The van der Waals surface area contributed by atoms with Gasteiger partial charge in [0, 0.05) is 38.7 Å². The van der Waals surface area contributed by atoms with E-state index in [4.69, 9.17) is 5.11 Å². The number of hydrogen-bond donors (Lipinski definition) is 2. The maximum Gasteiger partial charge on any atom is 0.328 e. The van der Waals surface area contributed by atoms with Crippen LogP contribution in [0.1, 0.15) is 22.3 Å². The highest BCUT2D eigenvalue weighted by molar-refractivity contribution is 5.95. The average Bonchev–Trinajstić information content (AvgIpc) is 2.49. The highest BCUT2D eigenvalue weighted by Gasteiger charge is 2.12. The van der Waals surface area contributed by atoms with E-state index in [1.807, 2.05) is 0 Å². The molecular formula is C15H18N2O4. The summed E-state index contributed by atoms with van der Waals surface area (Å²) >= 11 is 0. The van der Waals surface area contributed by atoms with Crippen molar-refractivity contribution in [2.75, 3.05) is 20.6 Å². The van der Waals surface area contributed by atoms with Crippen LogP contribution in [-0.2, 0) is 9.59 Å². The molecule has 112 valence electrons. The van der Waals surface area contributed by atoms with Gasteiger partial charge in [0.1, 0.15) is 0 Å². The molecule has 0 fully saturated rings. The van der Waals surface area contributed by atoms with Gasteiger partial charge in [0.05, 0.1) is 0 Å². The van der Waals surface area contributed by atoms with Gasteiger partial charge in [-0.05, 0) is 23.8 Å². The standard InChI is InChI=1S/C15H18N2O4/c1-16-13(18)8-9-17(2)15(21)12-5-3-4-11(10-12)6-7-14(19)20/h3-7,10H,8-9H2,1-2H3,(H,16,18)(H,19,20)/b7-6+. The summed E-state index contributed by atoms with van der Waals surface area (Å²) in [5.74, 6) is -1.40. The summed E-state index contributed by atoms with van der Waals surface area (Å²) in [5, 5.41) is 11.1. The predicted molar refractivity (Wildman–Crippen MR) is 78.8 cm³/mol. The zero-order valence-corrected chi connectivity index (χ0v) is 12.0. The Morgan fingerprint density at radius 1 is 1.33 bits per heavy atom. The van der Waals surface area contributed by atoms with Crippen LogP contribution in [0.25, 0.3) is 6.08 Å². The molecule has 0 heterocycles. The number of carboxylic acids is 1. The van der Waals surface area contributed by atoms with Gasteiger partial charge in [-0.2, -0.15) is 0 Å². The molecule has 0 bridgehead atoms. The number of rotatable bonds is 6. The fraction of sp³-hybridized carbons (Fsp3) is 0.267. The van der Waals surface area contributed by atoms with Gasteiger partial charge in [0.15, 0.2) is 0 Å². The maximum atomic E-state index is 12.2. The Labute approximate surface area is 123 Å². The van der Waals surface area contributed by atoms with Crippen LogP contribution in [-0.4, -0.2) is 48.4 Å². The van der Waals surface area contributed by atoms with Crippen LogP contribution in [0.2, 0.25) is 0 Å². The largest absolute Gasteiger partial charge is 0.478 e. The van der Waals surface area contributed by atoms with E-state index in [-0.39, 0.29) is 18.2 Å². The second-order valence-electron chi connectivity index (χ2n) is 4.45. The van der Waals surface area contributed by atoms with Crippen LogP contribution in [0.5, 0.6) is 0 Å². The number of carbonyl (C=O) groups is 3. The summed E-state index contributed by atoms with van der Waals surface area (Å²) < 4.78 is 0. The third kappa shape index (κ3) is 5.48. The number of nitrogens with one attached hydrogen (secondary N) is 1. The summed E-state index contributed by atoms with van der Waals surface area (Å²) in [6.45, 7) is 0.313. The minimum Gasteiger partial charge on any atom is -0.478 e. The van der Waals surface area contributed by atoms with Gasteiger partial charge in [-0.3, -0.25) is 9.59 Å². The molecule has 0 saturated carbocycles. The average molecular weight is 290 g/mol. The predicted octanol–water partition coefficient (Wildman–Crippen LogP) is 0.992. The number of amides is 2. The Balaban J connectivity index is 2.75. The van der Waals surface area contributed by atoms with E-state index in [1.54, 1.807) is 38.4 Å². The molecule has 1 aromatic rings. The van der Waals surface area contributed by atoms with Gasteiger partial charge in [0.2, 0.25) is 5.91 Å². The van der Waals surface area contributed by atoms with Crippen molar-refractivity contribution >= 4 is 23.9 Å². The summed E-state index contributed by atoms with van der Waals surface area (Å²) in [6, 6.07) is 6.65. The van der Waals surface area contributed by atoms with Crippen LogP contribution in [0.15, 0.2) is 30.3 Å². The molecule has 21 heavy (non-hydrogen) atoms. The molecule has 0 aliphatic rings. The zero-order chi connectivity index (χ0) is 15.8. The fourth-order valence-electron chi connectivity index (χ4n) is 1.66. The fourth-order valence-corrected chi connectivity index (χ4v) is 1.66. The Morgan fingerprint density at radius 2 is 2.05 bits per heavy atom. The van der Waals surface area contributed by atoms with Gasteiger partial charge in [-0.1, -0.05) is 12.1 Å². The zero-order valence-electron chi connectivity index (χ0n) is 12.0. The number of hydrogen-bond acceptors (Lipinski definition) is 3. The monoisotopic (exact) mass is 290 g/mol. The Bertz CT molecular complexity index is 567. The number of carboxylic acid groups (broad SMARTS) is 1. The normalized spacial score (nSPS) is 10.4. The summed E-state index contributed by atoms with van der Waals surface area (Å²) in [5.41, 5.74) is 1.07. The molecule has 6 heteroatoms. The lowest BCUT2D eigenvalue weighted by atomic mass is 10.1. The van der Waals surface area contributed by atoms with Crippen molar-refractivity contribution in [2.45, 2.75) is 6.42 Å². The molecule has 0 spiro atoms. The minimum absolute atomic E-state index is 0.132. The quantitative estimate of drug-likeness (QED) is 0.765. The number of nitrogens with zero attached hydrogens (tertiary/aromatic N) is 1. The van der Waals surface area contributed by atoms with Crippen LogP contribution >= 0.6 is 0 Å². The highest BCUT2D eigenvalue weighted by Crippen LogP contribution is 2.09. The van der Waals surface area contributed by atoms with Crippen molar-refractivity contribution in [2.24, 2.45) is 0 Å². The molecule has 2 amide bonds. The van der Waals surface area contributed by atoms with Crippen molar-refractivity contribution < 1.29 is 19.5 Å². The molecule has 6 nitrogen and oxygen atoms in total. The molecule has 0 saturated heterocycles. The lowest BCUT2D eigenvalue weighted by Crippen LogP contribution is -2.31. The van der Waals surface area contributed by atoms with Crippen LogP contribution in [0.4, 0.5) is 0 Å². The van der Waals surface area contributed by atoms with E-state index < -0.39 is 5.97 Å². The van der Waals surface area contributed by atoms with Crippen molar-refractivity contribution in [1.82, 2.24) is 10.2 Å². The molecule has 2 N–H and O–H groups in total. The molecule has 0 aliphatic carbocycles. The van der Waals surface area contributed by atoms with Crippen LogP contribution < -0.4 is 5.32 Å². The van der Waals surface area contributed by atoms with Gasteiger partial charge >= 0.3 is 5.97 Å². The summed E-state index contributed by atoms with van der Waals surface area (Å²) in [6.07, 6.45) is 2.67. The second-order valence-corrected chi connectivity index (χ2v) is 4.45. The molecule has 0 aliphatic heterocycles. The lowest BCUT2D eigenvalue weighted by Gasteiger charge is -2.16.